The Morgan fingerprint density at radius 2 is 2.00 bits per heavy atom. The van der Waals surface area contributed by atoms with Crippen molar-refractivity contribution in [2.45, 2.75) is 89.3 Å². The Labute approximate surface area is 130 Å². The molecule has 0 aromatic rings. The summed E-state index contributed by atoms with van der Waals surface area (Å²) in [5.41, 5.74) is -0.662. The fourth-order valence-electron chi connectivity index (χ4n) is 2.82. The number of ketones is 1. The van der Waals surface area contributed by atoms with E-state index in [0.29, 0.717) is 6.42 Å². The summed E-state index contributed by atoms with van der Waals surface area (Å²) in [7, 11) is -1.83. The molecule has 1 heterocycles. The van der Waals surface area contributed by atoms with E-state index in [1.54, 1.807) is 0 Å². The van der Waals surface area contributed by atoms with Crippen LogP contribution in [-0.2, 0) is 14.0 Å². The van der Waals surface area contributed by atoms with Crippen LogP contribution in [0.2, 0.25) is 18.1 Å². The van der Waals surface area contributed by atoms with Crippen molar-refractivity contribution in [2.75, 3.05) is 0 Å². The monoisotopic (exact) mass is 310 g/mol. The van der Waals surface area contributed by atoms with Crippen LogP contribution >= 0.6 is 0 Å². The zero-order chi connectivity index (χ0) is 15.9. The molecular weight excluding hydrogens is 280 g/mol. The highest BCUT2D eigenvalue weighted by Gasteiger charge is 2.46. The fraction of sp³-hybridized carbons (Fsp3) is 0.824. The predicted octanol–water partition coefficient (Wildman–Crippen LogP) is 4.23. The first kappa shape index (κ1) is 16.9. The quantitative estimate of drug-likeness (QED) is 0.565. The SMILES string of the molecule is C[C@@H]1O[C@]2(C=C[C@H]1O[Si](C)(C)C(C)(C)C)CCCCC2=O. The Hall–Kier alpha value is -0.453. The normalized spacial score (nSPS) is 34.5. The van der Waals surface area contributed by atoms with Crippen molar-refractivity contribution in [3.63, 3.8) is 0 Å². The van der Waals surface area contributed by atoms with Gasteiger partial charge >= 0.3 is 0 Å². The molecule has 1 saturated carbocycles. The molecule has 3 atom stereocenters. The Balaban J connectivity index is 2.14. The average Bonchev–Trinajstić information content (AvgIpc) is 2.35. The van der Waals surface area contributed by atoms with Gasteiger partial charge in [0.05, 0.1) is 12.2 Å². The van der Waals surface area contributed by atoms with Crippen molar-refractivity contribution in [3.8, 4) is 0 Å². The summed E-state index contributed by atoms with van der Waals surface area (Å²) in [4.78, 5) is 12.3. The van der Waals surface area contributed by atoms with E-state index in [-0.39, 0.29) is 23.0 Å². The lowest BCUT2D eigenvalue weighted by molar-refractivity contribution is -0.156. The fourth-order valence-corrected chi connectivity index (χ4v) is 4.13. The van der Waals surface area contributed by atoms with E-state index >= 15 is 0 Å². The van der Waals surface area contributed by atoms with Gasteiger partial charge in [0.1, 0.15) is 5.60 Å². The van der Waals surface area contributed by atoms with Gasteiger partial charge in [-0.15, -0.1) is 0 Å². The number of carbonyl (C=O) groups excluding carboxylic acids is 1. The van der Waals surface area contributed by atoms with E-state index in [9.17, 15) is 4.79 Å². The van der Waals surface area contributed by atoms with Crippen LogP contribution in [-0.4, -0.2) is 31.9 Å². The molecule has 0 aromatic carbocycles. The van der Waals surface area contributed by atoms with Gasteiger partial charge in [0.15, 0.2) is 14.1 Å². The molecule has 0 aromatic heterocycles. The third-order valence-corrected chi connectivity index (χ3v) is 9.80. The van der Waals surface area contributed by atoms with Gasteiger partial charge < -0.3 is 9.16 Å². The maximum absolute atomic E-state index is 12.3. The zero-order valence-corrected chi connectivity index (χ0v) is 15.4. The Morgan fingerprint density at radius 1 is 1.33 bits per heavy atom. The van der Waals surface area contributed by atoms with Crippen LogP contribution in [0.1, 0.15) is 53.4 Å². The van der Waals surface area contributed by atoms with Gasteiger partial charge in [-0.3, -0.25) is 4.79 Å². The van der Waals surface area contributed by atoms with E-state index in [2.05, 4.69) is 39.9 Å². The van der Waals surface area contributed by atoms with Gasteiger partial charge in [0, 0.05) is 6.42 Å². The molecule has 0 unspecified atom stereocenters. The van der Waals surface area contributed by atoms with Crippen molar-refractivity contribution in [1.82, 2.24) is 0 Å². The molecule has 2 rings (SSSR count). The number of rotatable bonds is 2. The van der Waals surface area contributed by atoms with Crippen molar-refractivity contribution in [3.05, 3.63) is 12.2 Å². The average molecular weight is 311 g/mol. The molecule has 0 bridgehead atoms. The van der Waals surface area contributed by atoms with Gasteiger partial charge in [0.2, 0.25) is 0 Å². The third-order valence-electron chi connectivity index (χ3n) is 5.32. The number of ether oxygens (including phenoxy) is 1. The first-order valence-corrected chi connectivity index (χ1v) is 11.1. The molecule has 1 fully saturated rings. The number of hydrogen-bond acceptors (Lipinski definition) is 3. The van der Waals surface area contributed by atoms with Crippen molar-refractivity contribution in [2.24, 2.45) is 0 Å². The molecule has 0 saturated heterocycles. The van der Waals surface area contributed by atoms with Crippen molar-refractivity contribution < 1.29 is 14.0 Å². The van der Waals surface area contributed by atoms with Crippen LogP contribution in [0.5, 0.6) is 0 Å². The van der Waals surface area contributed by atoms with Crippen LogP contribution in [0.4, 0.5) is 0 Å². The summed E-state index contributed by atoms with van der Waals surface area (Å²) in [5.74, 6) is 0.239. The highest BCUT2D eigenvalue weighted by atomic mass is 28.4. The number of hydrogen-bond donors (Lipinski definition) is 0. The number of carbonyl (C=O) groups is 1. The summed E-state index contributed by atoms with van der Waals surface area (Å²) in [6, 6.07) is 0. The van der Waals surface area contributed by atoms with Crippen LogP contribution in [0, 0.1) is 0 Å². The molecule has 0 N–H and O–H groups in total. The van der Waals surface area contributed by atoms with E-state index in [0.717, 1.165) is 19.3 Å². The highest BCUT2D eigenvalue weighted by Crippen LogP contribution is 2.40. The van der Waals surface area contributed by atoms with Crippen LogP contribution < -0.4 is 0 Å². The zero-order valence-electron chi connectivity index (χ0n) is 14.4. The third kappa shape index (κ3) is 3.32. The van der Waals surface area contributed by atoms with E-state index < -0.39 is 13.9 Å². The van der Waals surface area contributed by atoms with Crippen LogP contribution in [0.3, 0.4) is 0 Å². The van der Waals surface area contributed by atoms with Crippen LogP contribution in [0.25, 0.3) is 0 Å². The minimum atomic E-state index is -1.83. The van der Waals surface area contributed by atoms with Gasteiger partial charge in [-0.25, -0.2) is 0 Å². The second-order valence-electron chi connectivity index (χ2n) is 8.04. The second-order valence-corrected chi connectivity index (χ2v) is 12.8. The van der Waals surface area contributed by atoms with E-state index in [1.165, 1.54) is 0 Å². The highest BCUT2D eigenvalue weighted by molar-refractivity contribution is 6.74. The second kappa shape index (κ2) is 5.63. The van der Waals surface area contributed by atoms with Crippen LogP contribution in [0.15, 0.2) is 12.2 Å². The topological polar surface area (TPSA) is 35.5 Å². The summed E-state index contributed by atoms with van der Waals surface area (Å²) in [6.07, 6.45) is 7.48. The molecule has 120 valence electrons. The molecule has 3 nitrogen and oxygen atoms in total. The molecule has 0 amide bonds. The van der Waals surface area contributed by atoms with E-state index in [1.807, 2.05) is 13.0 Å². The minimum Gasteiger partial charge on any atom is -0.408 e. The number of Topliss-reactive ketones (excluding diaryl/α,β-unsaturated/α-hetero) is 1. The molecular formula is C17H30O3Si. The first-order valence-electron chi connectivity index (χ1n) is 8.16. The summed E-state index contributed by atoms with van der Waals surface area (Å²) in [5, 5.41) is 0.177. The minimum absolute atomic E-state index is 0.0359. The van der Waals surface area contributed by atoms with Gasteiger partial charge in [-0.05, 0) is 50.4 Å². The molecule has 0 radical (unpaired) electrons. The summed E-state index contributed by atoms with van der Waals surface area (Å²) < 4.78 is 12.6. The first-order chi connectivity index (χ1) is 9.57. The predicted molar refractivity (Wildman–Crippen MR) is 88.0 cm³/mol. The largest absolute Gasteiger partial charge is 0.408 e. The van der Waals surface area contributed by atoms with Gasteiger partial charge in [-0.1, -0.05) is 26.8 Å². The summed E-state index contributed by atoms with van der Waals surface area (Å²) >= 11 is 0. The molecule has 1 aliphatic heterocycles. The molecule has 1 aliphatic carbocycles. The smallest absolute Gasteiger partial charge is 0.193 e. The molecule has 1 spiro atoms. The lowest BCUT2D eigenvalue weighted by atomic mass is 9.81. The van der Waals surface area contributed by atoms with Crippen molar-refractivity contribution >= 4 is 14.1 Å². The molecule has 4 heteroatoms. The maximum Gasteiger partial charge on any atom is 0.193 e. The van der Waals surface area contributed by atoms with Gasteiger partial charge in [-0.2, -0.15) is 0 Å². The summed E-state index contributed by atoms with van der Waals surface area (Å²) in [6.45, 7) is 13.3. The molecule has 2 aliphatic rings. The standard InChI is InChI=1S/C17H30O3Si/c1-13-14(20-21(5,6)16(2,3)4)10-12-17(19-13)11-8-7-9-15(17)18/h10,12-14H,7-9,11H2,1-6H3/t13-,14+,17-/m0/s1. The Kier molecular flexibility index (Phi) is 4.54. The van der Waals surface area contributed by atoms with Gasteiger partial charge in [0.25, 0.3) is 0 Å². The van der Waals surface area contributed by atoms with E-state index in [4.69, 9.17) is 9.16 Å². The lowest BCUT2D eigenvalue weighted by Crippen LogP contribution is -2.53. The van der Waals surface area contributed by atoms with Crippen molar-refractivity contribution in [1.29, 1.82) is 0 Å². The lowest BCUT2D eigenvalue weighted by Gasteiger charge is -2.45. The maximum atomic E-state index is 12.3. The Bertz CT molecular complexity index is 436. The Morgan fingerprint density at radius 3 is 2.52 bits per heavy atom. The molecule has 21 heavy (non-hydrogen) atoms.